The van der Waals surface area contributed by atoms with E-state index in [2.05, 4.69) is 18.0 Å². The first-order chi connectivity index (χ1) is 4.86. The van der Waals surface area contributed by atoms with Crippen LogP contribution in [0.15, 0.2) is 18.3 Å². The van der Waals surface area contributed by atoms with Gasteiger partial charge in [0.2, 0.25) is 0 Å². The number of rotatable bonds is 0. The Bertz CT molecular complexity index is 217. The summed E-state index contributed by atoms with van der Waals surface area (Å²) >= 11 is 0. The first-order valence-corrected chi connectivity index (χ1v) is 3.79. The van der Waals surface area contributed by atoms with E-state index in [1.807, 2.05) is 12.3 Å². The van der Waals surface area contributed by atoms with Crippen LogP contribution in [0.5, 0.6) is 0 Å². The molecule has 1 aliphatic rings. The van der Waals surface area contributed by atoms with Crippen molar-refractivity contribution in [2.75, 3.05) is 0 Å². The van der Waals surface area contributed by atoms with Crippen LogP contribution in [0.25, 0.3) is 0 Å². The first-order valence-electron chi connectivity index (χ1n) is 3.79. The Labute approximate surface area is 61.1 Å². The molecule has 0 spiro atoms. The van der Waals surface area contributed by atoms with E-state index in [4.69, 9.17) is 0 Å². The molecule has 1 unspecified atom stereocenters. The summed E-state index contributed by atoms with van der Waals surface area (Å²) in [5.74, 6) is 0.810. The van der Waals surface area contributed by atoms with Gasteiger partial charge in [-0.05, 0) is 30.4 Å². The van der Waals surface area contributed by atoms with Crippen molar-refractivity contribution in [1.82, 2.24) is 4.98 Å². The minimum atomic E-state index is 0.810. The molecule has 0 aliphatic heterocycles. The molecule has 10 heavy (non-hydrogen) atoms. The Morgan fingerprint density at radius 3 is 3.20 bits per heavy atom. The molecule has 1 atom stereocenters. The molecule has 0 aromatic carbocycles. The van der Waals surface area contributed by atoms with Gasteiger partial charge in [0.05, 0.1) is 0 Å². The van der Waals surface area contributed by atoms with Crippen LogP contribution in [-0.4, -0.2) is 4.98 Å². The molecule has 0 N–H and O–H groups in total. The Morgan fingerprint density at radius 1 is 1.50 bits per heavy atom. The fourth-order valence-corrected chi connectivity index (χ4v) is 1.62. The molecule has 0 bridgehead atoms. The number of aromatic nitrogens is 1. The molecule has 0 saturated heterocycles. The van der Waals surface area contributed by atoms with Crippen LogP contribution in [0, 0.1) is 5.92 Å². The fraction of sp³-hybridized carbons (Fsp3) is 0.444. The van der Waals surface area contributed by atoms with Gasteiger partial charge in [-0.3, -0.25) is 4.98 Å². The molecular weight excluding hydrogens is 122 g/mol. The Hall–Kier alpha value is -0.850. The van der Waals surface area contributed by atoms with Crippen molar-refractivity contribution in [3.63, 3.8) is 0 Å². The molecule has 1 aromatic rings. The lowest BCUT2D eigenvalue weighted by Crippen LogP contribution is -1.90. The molecule has 0 radical (unpaired) electrons. The summed E-state index contributed by atoms with van der Waals surface area (Å²) in [5, 5.41) is 0. The fourth-order valence-electron chi connectivity index (χ4n) is 1.62. The Balaban J connectivity index is 2.42. The standard InChI is InChI=1S/C9H11N/c1-7-5-8-3-2-4-10-9(8)6-7/h2-4,7H,5-6H2,1H3. The van der Waals surface area contributed by atoms with E-state index >= 15 is 0 Å². The molecule has 52 valence electrons. The van der Waals surface area contributed by atoms with Crippen LogP contribution in [0.2, 0.25) is 0 Å². The van der Waals surface area contributed by atoms with Gasteiger partial charge in [0.1, 0.15) is 0 Å². The summed E-state index contributed by atoms with van der Waals surface area (Å²) in [6, 6.07) is 4.21. The molecule has 2 rings (SSSR count). The Morgan fingerprint density at radius 2 is 2.40 bits per heavy atom. The van der Waals surface area contributed by atoms with Crippen LogP contribution >= 0.6 is 0 Å². The smallest absolute Gasteiger partial charge is 0.0438 e. The van der Waals surface area contributed by atoms with E-state index in [1.54, 1.807) is 0 Å². The summed E-state index contributed by atoms with van der Waals surface area (Å²) in [6.07, 6.45) is 4.29. The third-order valence-corrected chi connectivity index (χ3v) is 2.09. The van der Waals surface area contributed by atoms with E-state index in [-0.39, 0.29) is 0 Å². The molecule has 0 amide bonds. The summed E-state index contributed by atoms with van der Waals surface area (Å²) < 4.78 is 0. The minimum Gasteiger partial charge on any atom is -0.261 e. The van der Waals surface area contributed by atoms with Gasteiger partial charge in [-0.25, -0.2) is 0 Å². The second-order valence-corrected chi connectivity index (χ2v) is 3.12. The zero-order chi connectivity index (χ0) is 6.97. The highest BCUT2D eigenvalue weighted by molar-refractivity contribution is 5.25. The lowest BCUT2D eigenvalue weighted by atomic mass is 10.1. The maximum absolute atomic E-state index is 4.31. The molecule has 1 nitrogen and oxygen atoms in total. The summed E-state index contributed by atoms with van der Waals surface area (Å²) in [4.78, 5) is 4.31. The van der Waals surface area contributed by atoms with Gasteiger partial charge >= 0.3 is 0 Å². The van der Waals surface area contributed by atoms with Crippen molar-refractivity contribution >= 4 is 0 Å². The highest BCUT2D eigenvalue weighted by Crippen LogP contribution is 2.23. The maximum atomic E-state index is 4.31. The van der Waals surface area contributed by atoms with Crippen LogP contribution < -0.4 is 0 Å². The van der Waals surface area contributed by atoms with Crippen molar-refractivity contribution in [2.45, 2.75) is 19.8 Å². The molecular formula is C9H11N. The largest absolute Gasteiger partial charge is 0.261 e. The van der Waals surface area contributed by atoms with Crippen LogP contribution in [0.1, 0.15) is 18.2 Å². The van der Waals surface area contributed by atoms with Crippen LogP contribution in [0.3, 0.4) is 0 Å². The summed E-state index contributed by atoms with van der Waals surface area (Å²) in [7, 11) is 0. The zero-order valence-corrected chi connectivity index (χ0v) is 6.17. The van der Waals surface area contributed by atoms with Crippen molar-refractivity contribution < 1.29 is 0 Å². The third kappa shape index (κ3) is 0.821. The highest BCUT2D eigenvalue weighted by Gasteiger charge is 2.17. The van der Waals surface area contributed by atoms with Crippen molar-refractivity contribution in [3.05, 3.63) is 29.6 Å². The quantitative estimate of drug-likeness (QED) is 0.526. The van der Waals surface area contributed by atoms with Gasteiger partial charge in [0, 0.05) is 11.9 Å². The van der Waals surface area contributed by atoms with Crippen LogP contribution in [-0.2, 0) is 12.8 Å². The minimum absolute atomic E-state index is 0.810. The number of fused-ring (bicyclic) bond motifs is 1. The van der Waals surface area contributed by atoms with Gasteiger partial charge in [-0.15, -0.1) is 0 Å². The monoisotopic (exact) mass is 133 g/mol. The number of pyridine rings is 1. The van der Waals surface area contributed by atoms with E-state index in [9.17, 15) is 0 Å². The number of hydrogen-bond acceptors (Lipinski definition) is 1. The predicted molar refractivity (Wildman–Crippen MR) is 40.8 cm³/mol. The molecule has 1 aliphatic carbocycles. The highest BCUT2D eigenvalue weighted by atomic mass is 14.7. The van der Waals surface area contributed by atoms with E-state index in [1.165, 1.54) is 24.1 Å². The normalized spacial score (nSPS) is 22.7. The number of hydrogen-bond donors (Lipinski definition) is 0. The van der Waals surface area contributed by atoms with E-state index in [0.29, 0.717) is 0 Å². The van der Waals surface area contributed by atoms with Gasteiger partial charge in [0.25, 0.3) is 0 Å². The Kier molecular flexibility index (Phi) is 1.23. The average Bonchev–Trinajstić information content (AvgIpc) is 2.27. The molecule has 0 fully saturated rings. The molecule has 0 saturated carbocycles. The van der Waals surface area contributed by atoms with Crippen molar-refractivity contribution in [2.24, 2.45) is 5.92 Å². The lowest BCUT2D eigenvalue weighted by molar-refractivity contribution is 0.623. The van der Waals surface area contributed by atoms with Crippen LogP contribution in [0.4, 0.5) is 0 Å². The topological polar surface area (TPSA) is 12.9 Å². The average molecular weight is 133 g/mol. The summed E-state index contributed by atoms with van der Waals surface area (Å²) in [5.41, 5.74) is 2.77. The predicted octanol–water partition coefficient (Wildman–Crippen LogP) is 1.82. The zero-order valence-electron chi connectivity index (χ0n) is 6.17. The maximum Gasteiger partial charge on any atom is 0.0438 e. The van der Waals surface area contributed by atoms with Gasteiger partial charge in [-0.2, -0.15) is 0 Å². The summed E-state index contributed by atoms with van der Waals surface area (Å²) in [6.45, 7) is 2.28. The van der Waals surface area contributed by atoms with Crippen molar-refractivity contribution in [3.8, 4) is 0 Å². The SMILES string of the molecule is CC1Cc2cccnc2C1. The van der Waals surface area contributed by atoms with E-state index < -0.39 is 0 Å². The second-order valence-electron chi connectivity index (χ2n) is 3.12. The first kappa shape index (κ1) is 5.90. The molecule has 1 heteroatoms. The van der Waals surface area contributed by atoms with E-state index in [0.717, 1.165) is 5.92 Å². The van der Waals surface area contributed by atoms with Gasteiger partial charge < -0.3 is 0 Å². The van der Waals surface area contributed by atoms with Gasteiger partial charge in [0.15, 0.2) is 0 Å². The third-order valence-electron chi connectivity index (χ3n) is 2.09. The molecule has 1 aromatic heterocycles. The lowest BCUT2D eigenvalue weighted by Gasteiger charge is -1.92. The number of nitrogens with zero attached hydrogens (tertiary/aromatic N) is 1. The van der Waals surface area contributed by atoms with Gasteiger partial charge in [-0.1, -0.05) is 13.0 Å². The van der Waals surface area contributed by atoms with Crippen molar-refractivity contribution in [1.29, 1.82) is 0 Å². The second kappa shape index (κ2) is 2.08. The molecule has 1 heterocycles.